The van der Waals surface area contributed by atoms with Crippen LogP contribution >= 0.6 is 7.37 Å². The van der Waals surface area contributed by atoms with E-state index in [1.807, 2.05) is 12.1 Å². The third-order valence-electron chi connectivity index (χ3n) is 3.30. The Bertz CT molecular complexity index is 640. The summed E-state index contributed by atoms with van der Waals surface area (Å²) in [4.78, 5) is 10.4. The number of aryl methyl sites for hydroxylation is 1. The van der Waals surface area contributed by atoms with Gasteiger partial charge in [-0.05, 0) is 36.6 Å². The molecule has 20 heavy (non-hydrogen) atoms. The van der Waals surface area contributed by atoms with E-state index in [2.05, 4.69) is 6.92 Å². The van der Waals surface area contributed by atoms with Crippen LogP contribution in [0.25, 0.3) is 0 Å². The Balaban J connectivity index is 2.49. The Morgan fingerprint density at radius 1 is 1.05 bits per heavy atom. The first-order valence-corrected chi connectivity index (χ1v) is 8.39. The molecule has 1 atom stereocenters. The normalized spacial score (nSPS) is 13.9. The second kappa shape index (κ2) is 6.34. The summed E-state index contributed by atoms with van der Waals surface area (Å²) in [7, 11) is -3.89. The number of hydrogen-bond acceptors (Lipinski definition) is 1. The zero-order valence-corrected chi connectivity index (χ0v) is 12.3. The summed E-state index contributed by atoms with van der Waals surface area (Å²) in [5, 5.41) is 0.225. The molecule has 4 heteroatoms. The Morgan fingerprint density at radius 2 is 1.65 bits per heavy atom. The minimum absolute atomic E-state index is 0.121. The van der Waals surface area contributed by atoms with Gasteiger partial charge in [-0.1, -0.05) is 43.7 Å². The van der Waals surface area contributed by atoms with E-state index < -0.39 is 13.2 Å². The molecule has 2 rings (SSSR count). The Labute approximate surface area is 118 Å². The number of halogens is 1. The van der Waals surface area contributed by atoms with E-state index in [0.717, 1.165) is 24.8 Å². The first kappa shape index (κ1) is 15.0. The lowest BCUT2D eigenvalue weighted by Crippen LogP contribution is -2.21. The van der Waals surface area contributed by atoms with Gasteiger partial charge in [0.2, 0.25) is 0 Å². The Kier molecular flexibility index (Phi) is 4.74. The van der Waals surface area contributed by atoms with Gasteiger partial charge in [-0.3, -0.25) is 4.57 Å². The third-order valence-corrected chi connectivity index (χ3v) is 5.40. The zero-order valence-electron chi connectivity index (χ0n) is 11.4. The van der Waals surface area contributed by atoms with E-state index in [-0.39, 0.29) is 5.30 Å². The molecule has 0 aliphatic heterocycles. The summed E-state index contributed by atoms with van der Waals surface area (Å²) in [5.41, 5.74) is 0.823. The number of benzene rings is 2. The first-order chi connectivity index (χ1) is 9.57. The molecule has 0 saturated carbocycles. The van der Waals surface area contributed by atoms with Gasteiger partial charge in [0.25, 0.3) is 7.37 Å². The highest BCUT2D eigenvalue weighted by atomic mass is 31.2. The van der Waals surface area contributed by atoms with Gasteiger partial charge in [0.15, 0.2) is 0 Å². The van der Waals surface area contributed by atoms with Crippen molar-refractivity contribution in [3.63, 3.8) is 0 Å². The molecule has 0 aliphatic rings. The molecule has 0 spiro atoms. The highest BCUT2D eigenvalue weighted by Gasteiger charge is 2.29. The molecule has 1 unspecified atom stereocenters. The van der Waals surface area contributed by atoms with Crippen LogP contribution in [-0.4, -0.2) is 4.89 Å². The van der Waals surface area contributed by atoms with Crippen molar-refractivity contribution in [2.45, 2.75) is 26.2 Å². The molecule has 0 aromatic heterocycles. The van der Waals surface area contributed by atoms with Crippen molar-refractivity contribution in [2.75, 3.05) is 0 Å². The molecule has 2 aromatic rings. The minimum Gasteiger partial charge on any atom is -0.338 e. The van der Waals surface area contributed by atoms with E-state index in [1.54, 1.807) is 18.2 Å². The molecular weight excluding hydrogens is 274 g/mol. The maximum absolute atomic E-state index is 13.8. The van der Waals surface area contributed by atoms with E-state index in [9.17, 15) is 13.8 Å². The van der Waals surface area contributed by atoms with Crippen molar-refractivity contribution in [1.82, 2.24) is 0 Å². The maximum atomic E-state index is 13.8. The van der Waals surface area contributed by atoms with E-state index >= 15 is 0 Å². The van der Waals surface area contributed by atoms with Crippen LogP contribution in [0.5, 0.6) is 0 Å². The zero-order chi connectivity index (χ0) is 14.6. The van der Waals surface area contributed by atoms with Gasteiger partial charge in [0, 0.05) is 5.30 Å². The van der Waals surface area contributed by atoms with Crippen LogP contribution in [-0.2, 0) is 11.0 Å². The fourth-order valence-electron chi connectivity index (χ4n) is 2.21. The lowest BCUT2D eigenvalue weighted by Gasteiger charge is -2.16. The highest BCUT2D eigenvalue weighted by molar-refractivity contribution is 7.73. The van der Waals surface area contributed by atoms with Crippen LogP contribution in [0.3, 0.4) is 0 Å². The molecule has 1 N–H and O–H groups in total. The van der Waals surface area contributed by atoms with Crippen molar-refractivity contribution < 1.29 is 13.8 Å². The predicted octanol–water partition coefficient (Wildman–Crippen LogP) is 3.39. The Morgan fingerprint density at radius 3 is 2.30 bits per heavy atom. The summed E-state index contributed by atoms with van der Waals surface area (Å²) in [5.74, 6) is -0.636. The molecular formula is C16H18FO2P. The molecule has 106 valence electrons. The average molecular weight is 292 g/mol. The van der Waals surface area contributed by atoms with E-state index in [1.165, 1.54) is 18.2 Å². The second-order valence-corrected chi connectivity index (χ2v) is 6.88. The van der Waals surface area contributed by atoms with Gasteiger partial charge in [0.05, 0.1) is 5.30 Å². The van der Waals surface area contributed by atoms with Gasteiger partial charge in [-0.2, -0.15) is 0 Å². The van der Waals surface area contributed by atoms with Crippen LogP contribution < -0.4 is 10.6 Å². The lowest BCUT2D eigenvalue weighted by atomic mass is 10.1. The second-order valence-electron chi connectivity index (χ2n) is 4.76. The summed E-state index contributed by atoms with van der Waals surface area (Å²) in [6, 6.07) is 12.7. The van der Waals surface area contributed by atoms with Crippen LogP contribution in [0.2, 0.25) is 0 Å². The average Bonchev–Trinajstić information content (AvgIpc) is 2.45. The van der Waals surface area contributed by atoms with Gasteiger partial charge >= 0.3 is 0 Å². The molecule has 0 fully saturated rings. The largest absolute Gasteiger partial charge is 0.338 e. The highest BCUT2D eigenvalue weighted by Crippen LogP contribution is 2.40. The molecule has 0 radical (unpaired) electrons. The molecule has 0 bridgehead atoms. The van der Waals surface area contributed by atoms with Crippen molar-refractivity contribution in [3.05, 3.63) is 59.9 Å². The van der Waals surface area contributed by atoms with Crippen molar-refractivity contribution in [1.29, 1.82) is 0 Å². The monoisotopic (exact) mass is 292 g/mol. The minimum atomic E-state index is -3.89. The third kappa shape index (κ3) is 3.00. The maximum Gasteiger partial charge on any atom is 0.261 e. The smallest absolute Gasteiger partial charge is 0.261 e. The molecule has 0 saturated heterocycles. The van der Waals surface area contributed by atoms with Gasteiger partial charge in [-0.25, -0.2) is 4.39 Å². The SMILES string of the molecule is CCCCc1ccccc1P(=O)(O)c1ccccc1F. The Hall–Kier alpha value is -1.44. The summed E-state index contributed by atoms with van der Waals surface area (Å²) < 4.78 is 26.6. The van der Waals surface area contributed by atoms with E-state index in [4.69, 9.17) is 0 Å². The topological polar surface area (TPSA) is 37.3 Å². The quantitative estimate of drug-likeness (QED) is 0.858. The van der Waals surface area contributed by atoms with Crippen molar-refractivity contribution in [2.24, 2.45) is 0 Å². The molecule has 0 amide bonds. The van der Waals surface area contributed by atoms with Crippen LogP contribution in [0.15, 0.2) is 48.5 Å². The molecule has 0 heterocycles. The standard InChI is InChI=1S/C16H18FO2P/c1-2-3-8-13-9-4-6-11-15(13)20(18,19)16-12-7-5-10-14(16)17/h4-7,9-12H,2-3,8H2,1H3,(H,18,19). The summed E-state index contributed by atoms with van der Waals surface area (Å²) in [6.45, 7) is 2.07. The molecule has 2 nitrogen and oxygen atoms in total. The van der Waals surface area contributed by atoms with Crippen molar-refractivity contribution in [3.8, 4) is 0 Å². The lowest BCUT2D eigenvalue weighted by molar-refractivity contribution is 0.498. The van der Waals surface area contributed by atoms with Gasteiger partial charge in [0.1, 0.15) is 5.82 Å². The summed E-state index contributed by atoms with van der Waals surface area (Å²) >= 11 is 0. The van der Waals surface area contributed by atoms with E-state index in [0.29, 0.717) is 5.30 Å². The number of hydrogen-bond donors (Lipinski definition) is 1. The summed E-state index contributed by atoms with van der Waals surface area (Å²) in [6.07, 6.45) is 2.67. The van der Waals surface area contributed by atoms with Crippen LogP contribution in [0.1, 0.15) is 25.3 Å². The van der Waals surface area contributed by atoms with Gasteiger partial charge in [-0.15, -0.1) is 0 Å². The fraction of sp³-hybridized carbons (Fsp3) is 0.250. The van der Waals surface area contributed by atoms with Crippen LogP contribution in [0.4, 0.5) is 4.39 Å². The number of rotatable bonds is 5. The van der Waals surface area contributed by atoms with Crippen molar-refractivity contribution >= 4 is 18.0 Å². The first-order valence-electron chi connectivity index (χ1n) is 6.73. The molecule has 2 aromatic carbocycles. The number of unbranched alkanes of at least 4 members (excludes halogenated alkanes) is 1. The van der Waals surface area contributed by atoms with Gasteiger partial charge < -0.3 is 4.89 Å². The predicted molar refractivity (Wildman–Crippen MR) is 80.5 cm³/mol. The van der Waals surface area contributed by atoms with Crippen LogP contribution in [0, 0.1) is 5.82 Å². The molecule has 0 aliphatic carbocycles. The fourth-order valence-corrected chi connectivity index (χ4v) is 3.99.